The molecule has 0 aromatic carbocycles. The number of rotatable bonds is 4. The summed E-state index contributed by atoms with van der Waals surface area (Å²) >= 11 is 0. The Hall–Kier alpha value is -0.900. The third-order valence-electron chi connectivity index (χ3n) is 4.89. The van der Waals surface area contributed by atoms with Crippen LogP contribution in [0.15, 0.2) is 10.9 Å². The molecule has 1 N–H and O–H groups in total. The largest absolute Gasteiger partial charge is 0.340 e. The fourth-order valence-corrected chi connectivity index (χ4v) is 3.75. The molecule has 3 rings (SSSR count). The molecule has 1 spiro atoms. The average Bonchev–Trinajstić information content (AvgIpc) is 3.04. The first kappa shape index (κ1) is 12.2. The SMILES string of the molecule is c1noc(CCNC2CCC3(CCCC3)CC2)n1. The van der Waals surface area contributed by atoms with Crippen molar-refractivity contribution in [2.45, 2.75) is 63.8 Å². The summed E-state index contributed by atoms with van der Waals surface area (Å²) in [5.74, 6) is 0.741. The van der Waals surface area contributed by atoms with E-state index in [1.165, 1.54) is 57.7 Å². The van der Waals surface area contributed by atoms with Gasteiger partial charge in [0.05, 0.1) is 0 Å². The highest BCUT2D eigenvalue weighted by molar-refractivity contribution is 4.91. The lowest BCUT2D eigenvalue weighted by molar-refractivity contribution is 0.168. The van der Waals surface area contributed by atoms with Crippen molar-refractivity contribution in [2.75, 3.05) is 6.54 Å². The molecule has 0 amide bonds. The molecule has 0 atom stereocenters. The zero-order chi connectivity index (χ0) is 12.3. The molecule has 4 heteroatoms. The Morgan fingerprint density at radius 1 is 1.22 bits per heavy atom. The van der Waals surface area contributed by atoms with Crippen LogP contribution in [0.2, 0.25) is 0 Å². The van der Waals surface area contributed by atoms with Crippen LogP contribution in [0, 0.1) is 5.41 Å². The molecule has 1 aromatic rings. The van der Waals surface area contributed by atoms with E-state index in [0.29, 0.717) is 6.04 Å². The summed E-state index contributed by atoms with van der Waals surface area (Å²) in [7, 11) is 0. The molecular formula is C14H23N3O. The Morgan fingerprint density at radius 3 is 2.67 bits per heavy atom. The van der Waals surface area contributed by atoms with Crippen LogP contribution >= 0.6 is 0 Å². The van der Waals surface area contributed by atoms with E-state index in [1.54, 1.807) is 0 Å². The predicted molar refractivity (Wildman–Crippen MR) is 69.2 cm³/mol. The maximum absolute atomic E-state index is 5.00. The van der Waals surface area contributed by atoms with Gasteiger partial charge in [0.25, 0.3) is 0 Å². The summed E-state index contributed by atoms with van der Waals surface area (Å²) in [4.78, 5) is 4.04. The first-order valence-corrected chi connectivity index (χ1v) is 7.35. The normalized spacial score (nSPS) is 23.8. The Morgan fingerprint density at radius 2 is 2.00 bits per heavy atom. The van der Waals surface area contributed by atoms with Crippen molar-refractivity contribution < 1.29 is 4.52 Å². The monoisotopic (exact) mass is 249 g/mol. The molecule has 2 saturated carbocycles. The van der Waals surface area contributed by atoms with E-state index in [0.717, 1.165) is 24.3 Å². The standard InChI is InChI=1S/C14H23N3O/c1-2-7-14(6-1)8-3-12(4-9-14)15-10-5-13-16-11-17-18-13/h11-12,15H,1-10H2. The summed E-state index contributed by atoms with van der Waals surface area (Å²) in [6, 6.07) is 0.708. The van der Waals surface area contributed by atoms with E-state index in [-0.39, 0.29) is 0 Å². The van der Waals surface area contributed by atoms with E-state index in [9.17, 15) is 0 Å². The number of nitrogens with zero attached hydrogens (tertiary/aromatic N) is 2. The van der Waals surface area contributed by atoms with Crippen molar-refractivity contribution in [1.29, 1.82) is 0 Å². The van der Waals surface area contributed by atoms with Gasteiger partial charge in [-0.2, -0.15) is 4.98 Å². The first-order chi connectivity index (χ1) is 8.86. The van der Waals surface area contributed by atoms with E-state index in [4.69, 9.17) is 4.52 Å². The van der Waals surface area contributed by atoms with Crippen LogP contribution in [-0.2, 0) is 6.42 Å². The molecule has 0 unspecified atom stereocenters. The highest BCUT2D eigenvalue weighted by atomic mass is 16.5. The van der Waals surface area contributed by atoms with Crippen molar-refractivity contribution in [3.8, 4) is 0 Å². The van der Waals surface area contributed by atoms with E-state index in [1.807, 2.05) is 0 Å². The maximum Gasteiger partial charge on any atom is 0.227 e. The van der Waals surface area contributed by atoms with Gasteiger partial charge in [0.2, 0.25) is 5.89 Å². The summed E-state index contributed by atoms with van der Waals surface area (Å²) in [6.07, 6.45) is 13.8. The lowest BCUT2D eigenvalue weighted by atomic mass is 9.71. The Balaban J connectivity index is 1.38. The van der Waals surface area contributed by atoms with Gasteiger partial charge in [-0.3, -0.25) is 0 Å². The molecule has 0 saturated heterocycles. The molecule has 1 heterocycles. The molecule has 100 valence electrons. The van der Waals surface area contributed by atoms with E-state index < -0.39 is 0 Å². The van der Waals surface area contributed by atoms with Crippen molar-refractivity contribution >= 4 is 0 Å². The smallest absolute Gasteiger partial charge is 0.227 e. The summed E-state index contributed by atoms with van der Waals surface area (Å²) in [5.41, 5.74) is 0.741. The number of hydrogen-bond acceptors (Lipinski definition) is 4. The third-order valence-corrected chi connectivity index (χ3v) is 4.89. The number of aromatic nitrogens is 2. The van der Waals surface area contributed by atoms with E-state index in [2.05, 4.69) is 15.5 Å². The van der Waals surface area contributed by atoms with Crippen LogP contribution in [0.4, 0.5) is 0 Å². The van der Waals surface area contributed by atoms with Crippen LogP contribution in [0.1, 0.15) is 57.3 Å². The van der Waals surface area contributed by atoms with Crippen molar-refractivity contribution in [1.82, 2.24) is 15.5 Å². The molecule has 0 radical (unpaired) electrons. The van der Waals surface area contributed by atoms with Crippen LogP contribution in [-0.4, -0.2) is 22.7 Å². The Bertz CT molecular complexity index is 347. The highest BCUT2D eigenvalue weighted by Crippen LogP contribution is 2.48. The first-order valence-electron chi connectivity index (χ1n) is 7.35. The third kappa shape index (κ3) is 2.74. The lowest BCUT2D eigenvalue weighted by Crippen LogP contribution is -2.37. The van der Waals surface area contributed by atoms with Gasteiger partial charge in [-0.05, 0) is 43.9 Å². The second-order valence-corrected chi connectivity index (χ2v) is 6.02. The summed E-state index contributed by atoms with van der Waals surface area (Å²) < 4.78 is 5.00. The van der Waals surface area contributed by atoms with Crippen LogP contribution in [0.25, 0.3) is 0 Å². The zero-order valence-electron chi connectivity index (χ0n) is 11.0. The van der Waals surface area contributed by atoms with Crippen LogP contribution in [0.3, 0.4) is 0 Å². The summed E-state index contributed by atoms with van der Waals surface area (Å²) in [6.45, 7) is 0.958. The van der Waals surface area contributed by atoms with Gasteiger partial charge >= 0.3 is 0 Å². The zero-order valence-corrected chi connectivity index (χ0v) is 11.0. The van der Waals surface area contributed by atoms with Gasteiger partial charge < -0.3 is 9.84 Å². The number of nitrogens with one attached hydrogen (secondary N) is 1. The second-order valence-electron chi connectivity index (χ2n) is 6.02. The Kier molecular flexibility index (Phi) is 3.64. The predicted octanol–water partition coefficient (Wildman–Crippen LogP) is 2.70. The molecular weight excluding hydrogens is 226 g/mol. The molecule has 2 aliphatic carbocycles. The molecule has 18 heavy (non-hydrogen) atoms. The minimum Gasteiger partial charge on any atom is -0.340 e. The van der Waals surface area contributed by atoms with Crippen molar-refractivity contribution in [3.63, 3.8) is 0 Å². The topological polar surface area (TPSA) is 51.0 Å². The van der Waals surface area contributed by atoms with Gasteiger partial charge in [-0.15, -0.1) is 0 Å². The molecule has 1 aromatic heterocycles. The van der Waals surface area contributed by atoms with Crippen molar-refractivity contribution in [3.05, 3.63) is 12.2 Å². The summed E-state index contributed by atoms with van der Waals surface area (Å²) in [5, 5.41) is 7.26. The van der Waals surface area contributed by atoms with Crippen LogP contribution in [0.5, 0.6) is 0 Å². The molecule has 4 nitrogen and oxygen atoms in total. The van der Waals surface area contributed by atoms with Gasteiger partial charge in [0, 0.05) is 19.0 Å². The second kappa shape index (κ2) is 5.39. The minimum absolute atomic E-state index is 0.708. The minimum atomic E-state index is 0.708. The van der Waals surface area contributed by atoms with Gasteiger partial charge in [0.1, 0.15) is 0 Å². The number of hydrogen-bond donors (Lipinski definition) is 1. The Labute approximate surface area is 109 Å². The lowest BCUT2D eigenvalue weighted by Gasteiger charge is -2.37. The molecule has 2 aliphatic rings. The maximum atomic E-state index is 5.00. The molecule has 0 bridgehead atoms. The fraction of sp³-hybridized carbons (Fsp3) is 0.857. The van der Waals surface area contributed by atoms with Crippen molar-refractivity contribution in [2.24, 2.45) is 5.41 Å². The fourth-order valence-electron chi connectivity index (χ4n) is 3.75. The molecule has 0 aliphatic heterocycles. The highest BCUT2D eigenvalue weighted by Gasteiger charge is 2.37. The van der Waals surface area contributed by atoms with E-state index >= 15 is 0 Å². The van der Waals surface area contributed by atoms with Gasteiger partial charge in [-0.25, -0.2) is 0 Å². The van der Waals surface area contributed by atoms with Crippen LogP contribution < -0.4 is 5.32 Å². The van der Waals surface area contributed by atoms with Gasteiger partial charge in [0.15, 0.2) is 6.33 Å². The quantitative estimate of drug-likeness (QED) is 0.891. The molecule has 2 fully saturated rings. The average molecular weight is 249 g/mol. The van der Waals surface area contributed by atoms with Gasteiger partial charge in [-0.1, -0.05) is 18.0 Å².